The van der Waals surface area contributed by atoms with Gasteiger partial charge in [-0.15, -0.1) is 0 Å². The number of hydrazone groups is 1. The molecule has 2 aliphatic rings. The Morgan fingerprint density at radius 3 is 2.00 bits per heavy atom. The molecule has 0 aliphatic carbocycles. The normalized spacial score (nSPS) is 22.8. The minimum atomic E-state index is 0.276. The average Bonchev–Trinajstić information content (AvgIpc) is 3.04. The summed E-state index contributed by atoms with van der Waals surface area (Å²) >= 11 is 0. The van der Waals surface area contributed by atoms with Crippen LogP contribution >= 0.6 is 0 Å². The van der Waals surface area contributed by atoms with Crippen molar-refractivity contribution >= 4 is 23.2 Å². The largest absolute Gasteiger partial charge is 0.378 e. The van der Waals surface area contributed by atoms with Crippen LogP contribution in [0.25, 0.3) is 6.08 Å². The first kappa shape index (κ1) is 20.5. The van der Waals surface area contributed by atoms with Crippen molar-refractivity contribution in [3.05, 3.63) is 65.2 Å². The standard InChI is InChI=1S/C25H33N5/c1-27(2)21-11-7-18(8-12-21)15-20-16-29(5)17-23-24(20)26-30(6)25(23)19-9-13-22(14-10-19)28(3)4/h7-15,23,25H,16-17H2,1-6H3/b20-15+/t23-,25+/m0/s1. The Balaban J connectivity index is 1.63. The third-order valence-electron chi connectivity index (χ3n) is 6.18. The van der Waals surface area contributed by atoms with Crippen LogP contribution in [-0.2, 0) is 0 Å². The number of hydrogen-bond acceptors (Lipinski definition) is 5. The highest BCUT2D eigenvalue weighted by atomic mass is 15.5. The topological polar surface area (TPSA) is 25.3 Å². The zero-order valence-corrected chi connectivity index (χ0v) is 19.0. The van der Waals surface area contributed by atoms with Crippen LogP contribution in [-0.4, -0.2) is 71.0 Å². The van der Waals surface area contributed by atoms with Crippen molar-refractivity contribution in [1.29, 1.82) is 0 Å². The van der Waals surface area contributed by atoms with Crippen molar-refractivity contribution in [2.24, 2.45) is 11.0 Å². The van der Waals surface area contributed by atoms with Crippen molar-refractivity contribution in [2.45, 2.75) is 6.04 Å². The van der Waals surface area contributed by atoms with Gasteiger partial charge in [-0.2, -0.15) is 5.10 Å². The second-order valence-corrected chi connectivity index (χ2v) is 8.95. The van der Waals surface area contributed by atoms with Crippen molar-refractivity contribution in [3.8, 4) is 0 Å². The molecule has 1 saturated heterocycles. The van der Waals surface area contributed by atoms with Crippen molar-refractivity contribution in [1.82, 2.24) is 9.91 Å². The first-order valence-corrected chi connectivity index (χ1v) is 10.6. The molecule has 0 spiro atoms. The molecule has 2 aromatic rings. The molecule has 0 saturated carbocycles. The van der Waals surface area contributed by atoms with Crippen molar-refractivity contribution < 1.29 is 0 Å². The molecule has 30 heavy (non-hydrogen) atoms. The zero-order valence-electron chi connectivity index (χ0n) is 19.0. The SMILES string of the molecule is CN1C/C(=C\c2ccc(N(C)C)cc2)C2=NN(C)[C@H](c3ccc(N(C)C)cc3)[C@H]2C1. The number of piperidine rings is 1. The van der Waals surface area contributed by atoms with E-state index in [-0.39, 0.29) is 6.04 Å². The van der Waals surface area contributed by atoms with Crippen LogP contribution < -0.4 is 9.80 Å². The maximum absolute atomic E-state index is 5.02. The van der Waals surface area contributed by atoms with Gasteiger partial charge in [0.2, 0.25) is 0 Å². The first-order chi connectivity index (χ1) is 14.3. The predicted octanol–water partition coefficient (Wildman–Crippen LogP) is 3.81. The summed E-state index contributed by atoms with van der Waals surface area (Å²) in [5.74, 6) is 0.381. The van der Waals surface area contributed by atoms with Crippen molar-refractivity contribution in [3.63, 3.8) is 0 Å². The van der Waals surface area contributed by atoms with Gasteiger partial charge in [0, 0.05) is 65.6 Å². The van der Waals surface area contributed by atoms with Gasteiger partial charge in [0.1, 0.15) is 0 Å². The van der Waals surface area contributed by atoms with E-state index in [0.717, 1.165) is 13.1 Å². The van der Waals surface area contributed by atoms with E-state index < -0.39 is 0 Å². The van der Waals surface area contributed by atoms with E-state index in [1.165, 1.54) is 33.8 Å². The third-order valence-corrected chi connectivity index (χ3v) is 6.18. The Hall–Kier alpha value is -2.79. The molecule has 0 unspecified atom stereocenters. The van der Waals surface area contributed by atoms with E-state index in [4.69, 9.17) is 5.10 Å². The molecule has 0 radical (unpaired) electrons. The van der Waals surface area contributed by atoms with Gasteiger partial charge in [-0.05, 0) is 54.1 Å². The summed E-state index contributed by atoms with van der Waals surface area (Å²) in [5.41, 5.74) is 7.57. The second kappa shape index (κ2) is 8.15. The van der Waals surface area contributed by atoms with Gasteiger partial charge in [-0.3, -0.25) is 5.01 Å². The van der Waals surface area contributed by atoms with Crippen LogP contribution in [0.3, 0.4) is 0 Å². The lowest BCUT2D eigenvalue weighted by molar-refractivity contribution is 0.211. The van der Waals surface area contributed by atoms with Crippen LogP contribution in [0.4, 0.5) is 11.4 Å². The minimum absolute atomic E-state index is 0.276. The van der Waals surface area contributed by atoms with E-state index in [1.807, 2.05) is 0 Å². The molecule has 0 amide bonds. The molecule has 1 fully saturated rings. The highest BCUT2D eigenvalue weighted by molar-refractivity contribution is 6.07. The summed E-state index contributed by atoms with van der Waals surface area (Å²) in [6.07, 6.45) is 2.31. The fourth-order valence-electron chi connectivity index (χ4n) is 4.58. The fraction of sp³-hybridized carbons (Fsp3) is 0.400. The lowest BCUT2D eigenvalue weighted by atomic mass is 9.83. The summed E-state index contributed by atoms with van der Waals surface area (Å²) in [6.45, 7) is 1.96. The molecule has 4 rings (SSSR count). The monoisotopic (exact) mass is 403 g/mol. The van der Waals surface area contributed by atoms with Gasteiger partial charge >= 0.3 is 0 Å². The lowest BCUT2D eigenvalue weighted by Crippen LogP contribution is -2.41. The summed E-state index contributed by atoms with van der Waals surface area (Å²) < 4.78 is 0. The Morgan fingerprint density at radius 1 is 0.867 bits per heavy atom. The number of hydrogen-bond donors (Lipinski definition) is 0. The highest BCUT2D eigenvalue weighted by Crippen LogP contribution is 2.40. The van der Waals surface area contributed by atoms with Crippen LogP contribution in [0, 0.1) is 5.92 Å². The lowest BCUT2D eigenvalue weighted by Gasteiger charge is -2.34. The molecule has 5 nitrogen and oxygen atoms in total. The van der Waals surface area contributed by atoms with E-state index in [1.54, 1.807) is 0 Å². The first-order valence-electron chi connectivity index (χ1n) is 10.6. The molecule has 5 heteroatoms. The van der Waals surface area contributed by atoms with Crippen LogP contribution in [0.2, 0.25) is 0 Å². The summed E-state index contributed by atoms with van der Waals surface area (Å²) in [5, 5.41) is 7.18. The molecule has 0 bridgehead atoms. The van der Waals surface area contributed by atoms with E-state index in [2.05, 4.69) is 117 Å². The number of anilines is 2. The number of fused-ring (bicyclic) bond motifs is 1. The predicted molar refractivity (Wildman–Crippen MR) is 128 cm³/mol. The molecule has 158 valence electrons. The second-order valence-electron chi connectivity index (χ2n) is 8.95. The molecule has 2 heterocycles. The number of benzene rings is 2. The molecular formula is C25H33N5. The third kappa shape index (κ3) is 3.94. The van der Waals surface area contributed by atoms with E-state index in [0.29, 0.717) is 5.92 Å². The van der Waals surface area contributed by atoms with Gasteiger partial charge in [-0.25, -0.2) is 0 Å². The molecule has 2 aromatic carbocycles. The van der Waals surface area contributed by atoms with Crippen LogP contribution in [0.15, 0.2) is 59.2 Å². The summed E-state index contributed by atoms with van der Waals surface area (Å²) in [6, 6.07) is 17.9. The van der Waals surface area contributed by atoms with Gasteiger partial charge in [0.15, 0.2) is 0 Å². The Labute approximate surface area is 180 Å². The smallest absolute Gasteiger partial charge is 0.0813 e. The van der Waals surface area contributed by atoms with Gasteiger partial charge in [-0.1, -0.05) is 24.3 Å². The zero-order chi connectivity index (χ0) is 21.4. The number of likely N-dealkylation sites (N-methyl/N-ethyl adjacent to an activating group) is 1. The number of nitrogens with zero attached hydrogens (tertiary/aromatic N) is 5. The maximum Gasteiger partial charge on any atom is 0.0813 e. The Kier molecular flexibility index (Phi) is 5.56. The molecular weight excluding hydrogens is 370 g/mol. The van der Waals surface area contributed by atoms with Gasteiger partial charge < -0.3 is 14.7 Å². The fourth-order valence-corrected chi connectivity index (χ4v) is 4.58. The minimum Gasteiger partial charge on any atom is -0.378 e. The molecule has 0 aromatic heterocycles. The van der Waals surface area contributed by atoms with E-state index >= 15 is 0 Å². The average molecular weight is 404 g/mol. The van der Waals surface area contributed by atoms with E-state index in [9.17, 15) is 0 Å². The number of likely N-dealkylation sites (tertiary alicyclic amines) is 1. The molecule has 2 atom stereocenters. The number of rotatable bonds is 4. The molecule has 2 aliphatic heterocycles. The van der Waals surface area contributed by atoms with Gasteiger partial charge in [0.05, 0.1) is 11.8 Å². The van der Waals surface area contributed by atoms with Crippen LogP contribution in [0.1, 0.15) is 17.2 Å². The van der Waals surface area contributed by atoms with Crippen molar-refractivity contribution in [2.75, 3.05) is 65.2 Å². The quantitative estimate of drug-likeness (QED) is 0.775. The van der Waals surface area contributed by atoms with Gasteiger partial charge in [0.25, 0.3) is 0 Å². The Bertz CT molecular complexity index is 941. The summed E-state index contributed by atoms with van der Waals surface area (Å²) in [4.78, 5) is 6.69. The highest BCUT2D eigenvalue weighted by Gasteiger charge is 2.41. The maximum atomic E-state index is 5.02. The molecule has 0 N–H and O–H groups in total. The Morgan fingerprint density at radius 2 is 1.43 bits per heavy atom. The summed E-state index contributed by atoms with van der Waals surface area (Å²) in [7, 11) is 12.6. The van der Waals surface area contributed by atoms with Crippen LogP contribution in [0.5, 0.6) is 0 Å².